The first-order valence-electron chi connectivity index (χ1n) is 20.8. The Hall–Kier alpha value is -4.33. The molecule has 270 valence electrons. The Morgan fingerprint density at radius 1 is 0.868 bits per heavy atom. The molecule has 0 fully saturated rings. The van der Waals surface area contributed by atoms with Gasteiger partial charge in [-0.25, -0.2) is 0 Å². The predicted octanol–water partition coefficient (Wildman–Crippen LogP) is 11.1. The third-order valence-corrected chi connectivity index (χ3v) is 14.2. The molecule has 0 aromatic heterocycles. The number of benzene rings is 1. The topological polar surface area (TPSA) is 57.1 Å². The molecule has 2 heterocycles. The second kappa shape index (κ2) is 13.5. The standard InChI is InChI=1S/C49H53N3O/c1-31-46(34-12-4-2-5-13-34)51-48(36-14-6-3-7-15-36)52-47(31)35-23-21-33(22-24-35)37-25-27-39-38-26-20-32(30-50)28-42(38)49(43(39)29-37)40-16-8-10-18-44(40)53-45-19-11-9-17-41(45)49/h4,8,11-12,14,16,19-21,23,26-28,34,37,43,47-48,51-52H,2-3,5-7,9-10,13,15,17-18,22,24-25,29H2,1H3. The number of allylic oxidation sites excluding steroid dienone is 15. The first kappa shape index (κ1) is 33.3. The van der Waals surface area contributed by atoms with Gasteiger partial charge in [-0.3, -0.25) is 5.32 Å². The lowest BCUT2D eigenvalue weighted by atomic mass is 9.57. The van der Waals surface area contributed by atoms with Crippen molar-refractivity contribution in [3.05, 3.63) is 146 Å². The highest BCUT2D eigenvalue weighted by molar-refractivity contribution is 5.84. The molecule has 7 aliphatic carbocycles. The largest absolute Gasteiger partial charge is 0.461 e. The predicted molar refractivity (Wildman–Crippen MR) is 214 cm³/mol. The average molecular weight is 700 g/mol. The third-order valence-electron chi connectivity index (χ3n) is 14.2. The van der Waals surface area contributed by atoms with E-state index in [1.165, 1.54) is 84.1 Å². The van der Waals surface area contributed by atoms with E-state index in [1.54, 1.807) is 16.7 Å². The van der Waals surface area contributed by atoms with Gasteiger partial charge in [-0.1, -0.05) is 66.3 Å². The van der Waals surface area contributed by atoms with Crippen LogP contribution < -0.4 is 10.6 Å². The van der Waals surface area contributed by atoms with Gasteiger partial charge in [0.15, 0.2) is 0 Å². The van der Waals surface area contributed by atoms with Crippen LogP contribution in [0.1, 0.15) is 120 Å². The summed E-state index contributed by atoms with van der Waals surface area (Å²) in [6.45, 7) is 2.39. The van der Waals surface area contributed by atoms with Crippen molar-refractivity contribution in [2.45, 2.75) is 121 Å². The van der Waals surface area contributed by atoms with Crippen LogP contribution in [0.3, 0.4) is 0 Å². The number of nitrogens with zero attached hydrogens (tertiary/aromatic N) is 1. The van der Waals surface area contributed by atoms with E-state index >= 15 is 0 Å². The Labute approximate surface area is 316 Å². The van der Waals surface area contributed by atoms with Crippen LogP contribution in [0.15, 0.2) is 130 Å². The summed E-state index contributed by atoms with van der Waals surface area (Å²) >= 11 is 0. The maximum absolute atomic E-state index is 10.1. The summed E-state index contributed by atoms with van der Waals surface area (Å²) in [5.74, 6) is 3.54. The van der Waals surface area contributed by atoms with E-state index in [0.29, 0.717) is 17.8 Å². The Morgan fingerprint density at radius 2 is 1.75 bits per heavy atom. The summed E-state index contributed by atoms with van der Waals surface area (Å²) in [5.41, 5.74) is 15.1. The highest BCUT2D eigenvalue weighted by atomic mass is 16.5. The number of nitriles is 1. The minimum atomic E-state index is -0.277. The van der Waals surface area contributed by atoms with Crippen molar-refractivity contribution >= 4 is 5.57 Å². The SMILES string of the molecule is CC1=C(C2C=CCCC2)NC(C2=CCCCC2)NC1C1=CC=C(C2CC=C3c4ccc(C#N)cc4C4(C5=C(CCC=C5)OC5=C4CCC=C5)C3C2)CC1. The van der Waals surface area contributed by atoms with Crippen LogP contribution in [0, 0.1) is 29.1 Å². The molecule has 4 heteroatoms. The molecule has 2 aliphatic heterocycles. The number of hydrogen-bond donors (Lipinski definition) is 2. The van der Waals surface area contributed by atoms with Gasteiger partial charge in [-0.15, -0.1) is 0 Å². The first-order chi connectivity index (χ1) is 26.1. The Morgan fingerprint density at radius 3 is 2.58 bits per heavy atom. The molecular weight excluding hydrogens is 647 g/mol. The Kier molecular flexibility index (Phi) is 8.48. The molecule has 1 aromatic rings. The molecule has 0 saturated carbocycles. The van der Waals surface area contributed by atoms with Crippen LogP contribution in [-0.2, 0) is 10.2 Å². The van der Waals surface area contributed by atoms with Crippen molar-refractivity contribution in [3.8, 4) is 6.07 Å². The molecule has 6 unspecified atom stereocenters. The lowest BCUT2D eigenvalue weighted by Crippen LogP contribution is -2.55. The Balaban J connectivity index is 1.01. The molecular formula is C49H53N3O. The molecule has 9 aliphatic rings. The van der Waals surface area contributed by atoms with Gasteiger partial charge < -0.3 is 10.1 Å². The van der Waals surface area contributed by atoms with Crippen LogP contribution >= 0.6 is 0 Å². The highest BCUT2D eigenvalue weighted by Crippen LogP contribution is 2.66. The smallest absolute Gasteiger partial charge is 0.127 e. The number of rotatable bonds is 4. The fourth-order valence-electron chi connectivity index (χ4n) is 11.7. The van der Waals surface area contributed by atoms with Crippen LogP contribution in [0.5, 0.6) is 0 Å². The van der Waals surface area contributed by atoms with E-state index < -0.39 is 0 Å². The molecule has 6 atom stereocenters. The van der Waals surface area contributed by atoms with E-state index in [0.717, 1.165) is 68.4 Å². The zero-order valence-electron chi connectivity index (χ0n) is 31.4. The lowest BCUT2D eigenvalue weighted by molar-refractivity contribution is 0.240. The lowest BCUT2D eigenvalue weighted by Gasteiger charge is -2.48. The molecule has 1 spiro atoms. The van der Waals surface area contributed by atoms with Crippen LogP contribution in [0.2, 0.25) is 0 Å². The molecule has 0 amide bonds. The van der Waals surface area contributed by atoms with Crippen molar-refractivity contribution in [2.75, 3.05) is 0 Å². The van der Waals surface area contributed by atoms with Crippen LogP contribution in [0.4, 0.5) is 0 Å². The first-order valence-corrected chi connectivity index (χ1v) is 20.8. The average Bonchev–Trinajstić information content (AvgIpc) is 3.51. The summed E-state index contributed by atoms with van der Waals surface area (Å²) in [7, 11) is 0. The van der Waals surface area contributed by atoms with Crippen molar-refractivity contribution in [2.24, 2.45) is 17.8 Å². The number of fused-ring (bicyclic) bond motifs is 7. The van der Waals surface area contributed by atoms with Gasteiger partial charge >= 0.3 is 0 Å². The maximum Gasteiger partial charge on any atom is 0.127 e. The molecule has 10 rings (SSSR count). The van der Waals surface area contributed by atoms with E-state index in [1.807, 2.05) is 6.07 Å². The molecule has 0 radical (unpaired) electrons. The molecule has 1 aromatic carbocycles. The summed E-state index contributed by atoms with van der Waals surface area (Å²) in [6.07, 6.45) is 41.7. The molecule has 2 N–H and O–H groups in total. The van der Waals surface area contributed by atoms with Crippen LogP contribution in [-0.4, -0.2) is 12.2 Å². The van der Waals surface area contributed by atoms with Crippen LogP contribution in [0.25, 0.3) is 5.57 Å². The number of ether oxygens (including phenoxy) is 1. The Bertz CT molecular complexity index is 2100. The highest BCUT2D eigenvalue weighted by Gasteiger charge is 2.58. The fourth-order valence-corrected chi connectivity index (χ4v) is 11.7. The van der Waals surface area contributed by atoms with Crippen molar-refractivity contribution < 1.29 is 4.74 Å². The van der Waals surface area contributed by atoms with E-state index in [2.05, 4.69) is 96.5 Å². The maximum atomic E-state index is 10.1. The third kappa shape index (κ3) is 5.40. The molecule has 53 heavy (non-hydrogen) atoms. The molecule has 0 saturated heterocycles. The summed E-state index contributed by atoms with van der Waals surface area (Å²) in [4.78, 5) is 0. The summed E-state index contributed by atoms with van der Waals surface area (Å²) in [5, 5.41) is 18.3. The van der Waals surface area contributed by atoms with Gasteiger partial charge in [0, 0.05) is 29.5 Å². The van der Waals surface area contributed by atoms with Crippen molar-refractivity contribution in [3.63, 3.8) is 0 Å². The van der Waals surface area contributed by atoms with Gasteiger partial charge in [-0.05, 0) is 160 Å². The van der Waals surface area contributed by atoms with E-state index in [-0.39, 0.29) is 17.6 Å². The van der Waals surface area contributed by atoms with Gasteiger partial charge in [-0.2, -0.15) is 5.26 Å². The van der Waals surface area contributed by atoms with Gasteiger partial charge in [0.2, 0.25) is 0 Å². The van der Waals surface area contributed by atoms with E-state index in [4.69, 9.17) is 4.74 Å². The minimum absolute atomic E-state index is 0.227. The molecule has 0 bridgehead atoms. The minimum Gasteiger partial charge on any atom is -0.461 e. The second-order valence-electron chi connectivity index (χ2n) is 17.0. The zero-order valence-corrected chi connectivity index (χ0v) is 31.4. The second-order valence-corrected chi connectivity index (χ2v) is 17.0. The number of nitrogens with one attached hydrogen (secondary N) is 2. The monoisotopic (exact) mass is 699 g/mol. The van der Waals surface area contributed by atoms with Gasteiger partial charge in [0.1, 0.15) is 11.5 Å². The summed E-state index contributed by atoms with van der Waals surface area (Å²) < 4.78 is 6.74. The molecule has 4 nitrogen and oxygen atoms in total. The zero-order chi connectivity index (χ0) is 35.5. The van der Waals surface area contributed by atoms with Crippen molar-refractivity contribution in [1.82, 2.24) is 10.6 Å². The fraction of sp³-hybridized carbons (Fsp3) is 0.449. The van der Waals surface area contributed by atoms with Gasteiger partial charge in [0.05, 0.1) is 29.3 Å². The normalized spacial score (nSPS) is 33.1. The quantitative estimate of drug-likeness (QED) is 0.307. The number of hydrogen-bond acceptors (Lipinski definition) is 4. The van der Waals surface area contributed by atoms with Gasteiger partial charge in [0.25, 0.3) is 0 Å². The van der Waals surface area contributed by atoms with E-state index in [9.17, 15) is 5.26 Å². The van der Waals surface area contributed by atoms with Crippen molar-refractivity contribution in [1.29, 1.82) is 5.26 Å². The summed E-state index contributed by atoms with van der Waals surface area (Å²) in [6, 6.07) is 9.30.